The topological polar surface area (TPSA) is 58.4 Å². The van der Waals surface area contributed by atoms with Gasteiger partial charge >= 0.3 is 0 Å². The average molecular weight is 354 g/mol. The van der Waals surface area contributed by atoms with Crippen LogP contribution < -0.4 is 11.1 Å². The normalized spacial score (nSPS) is 24.7. The molecule has 1 amide bonds. The zero-order valence-corrected chi connectivity index (χ0v) is 15.4. The summed E-state index contributed by atoms with van der Waals surface area (Å²) < 4.78 is 0. The highest BCUT2D eigenvalue weighted by Crippen LogP contribution is 2.38. The molecule has 1 aliphatic heterocycles. The van der Waals surface area contributed by atoms with Crippen LogP contribution in [-0.4, -0.2) is 43.0 Å². The second kappa shape index (κ2) is 10.7. The van der Waals surface area contributed by atoms with Gasteiger partial charge in [0.25, 0.3) is 0 Å². The van der Waals surface area contributed by atoms with E-state index in [0.29, 0.717) is 19.0 Å². The first-order valence-electron chi connectivity index (χ1n) is 8.39. The summed E-state index contributed by atoms with van der Waals surface area (Å²) in [6.45, 7) is 6.12. The van der Waals surface area contributed by atoms with E-state index in [9.17, 15) is 4.79 Å². The Kier molecular flexibility index (Phi) is 10.7. The van der Waals surface area contributed by atoms with Gasteiger partial charge in [0.1, 0.15) is 0 Å². The number of nitrogens with two attached hydrogens (primary N) is 1. The van der Waals surface area contributed by atoms with Crippen molar-refractivity contribution in [2.75, 3.05) is 26.2 Å². The third-order valence-corrected chi connectivity index (χ3v) is 5.20. The number of likely N-dealkylation sites (N-methyl/N-ethyl adjacent to an activating group) is 1. The molecular formula is C16H33Cl2N3O. The summed E-state index contributed by atoms with van der Waals surface area (Å²) in [5.41, 5.74) is 6.06. The number of nitrogens with one attached hydrogen (secondary N) is 1. The minimum atomic E-state index is 0. The molecule has 2 fully saturated rings. The van der Waals surface area contributed by atoms with E-state index in [-0.39, 0.29) is 36.1 Å². The van der Waals surface area contributed by atoms with E-state index in [1.165, 1.54) is 32.2 Å². The number of carbonyl (C=O) groups excluding carboxylic acids is 1. The van der Waals surface area contributed by atoms with Gasteiger partial charge in [-0.25, -0.2) is 0 Å². The molecule has 1 unspecified atom stereocenters. The van der Waals surface area contributed by atoms with Gasteiger partial charge in [0, 0.05) is 19.0 Å². The Morgan fingerprint density at radius 2 is 1.91 bits per heavy atom. The lowest BCUT2D eigenvalue weighted by Crippen LogP contribution is -2.49. The minimum Gasteiger partial charge on any atom is -0.352 e. The molecule has 2 rings (SSSR count). The van der Waals surface area contributed by atoms with E-state index >= 15 is 0 Å². The van der Waals surface area contributed by atoms with Crippen molar-refractivity contribution in [1.29, 1.82) is 0 Å². The predicted octanol–water partition coefficient (Wildman–Crippen LogP) is 2.73. The number of halogens is 2. The van der Waals surface area contributed by atoms with Crippen LogP contribution in [0.3, 0.4) is 0 Å². The van der Waals surface area contributed by atoms with Crippen LogP contribution >= 0.6 is 24.8 Å². The highest BCUT2D eigenvalue weighted by Gasteiger charge is 2.33. The van der Waals surface area contributed by atoms with Crippen molar-refractivity contribution in [3.05, 3.63) is 0 Å². The van der Waals surface area contributed by atoms with Gasteiger partial charge in [-0.15, -0.1) is 24.8 Å². The fourth-order valence-corrected chi connectivity index (χ4v) is 3.83. The quantitative estimate of drug-likeness (QED) is 0.798. The van der Waals surface area contributed by atoms with Gasteiger partial charge in [-0.2, -0.15) is 0 Å². The Morgan fingerprint density at radius 1 is 1.23 bits per heavy atom. The van der Waals surface area contributed by atoms with Crippen molar-refractivity contribution >= 4 is 30.7 Å². The standard InChI is InChI=1S/C16H31N3O.2ClH/c1-2-19-10-6-7-14(12-19)18-15(20)11-16(13-17)8-4-3-5-9-16;;/h14H,2-13,17H2,1H3,(H,18,20);2*1H. The second-order valence-electron chi connectivity index (χ2n) is 6.74. The molecule has 1 aliphatic carbocycles. The number of piperidine rings is 1. The molecule has 4 nitrogen and oxygen atoms in total. The summed E-state index contributed by atoms with van der Waals surface area (Å²) >= 11 is 0. The number of rotatable bonds is 5. The third kappa shape index (κ3) is 6.23. The first kappa shape index (κ1) is 22.0. The Labute approximate surface area is 147 Å². The average Bonchev–Trinajstić information content (AvgIpc) is 2.48. The SMILES string of the molecule is CCN1CCCC(NC(=O)CC2(CN)CCCCC2)C1.Cl.Cl. The lowest BCUT2D eigenvalue weighted by atomic mass is 9.71. The maximum atomic E-state index is 12.4. The molecule has 1 saturated carbocycles. The molecule has 0 aromatic rings. The Balaban J connectivity index is 0.00000220. The molecule has 1 atom stereocenters. The summed E-state index contributed by atoms with van der Waals surface area (Å²) in [6.07, 6.45) is 8.97. The van der Waals surface area contributed by atoms with Crippen molar-refractivity contribution in [3.63, 3.8) is 0 Å². The van der Waals surface area contributed by atoms with Gasteiger partial charge in [0.05, 0.1) is 0 Å². The van der Waals surface area contributed by atoms with Gasteiger partial charge in [0.15, 0.2) is 0 Å². The van der Waals surface area contributed by atoms with Gasteiger partial charge in [-0.05, 0) is 50.7 Å². The van der Waals surface area contributed by atoms with Gasteiger partial charge in [-0.1, -0.05) is 26.2 Å². The van der Waals surface area contributed by atoms with E-state index < -0.39 is 0 Å². The first-order chi connectivity index (χ1) is 9.67. The summed E-state index contributed by atoms with van der Waals surface area (Å²) in [5, 5.41) is 3.25. The molecule has 0 aromatic heterocycles. The molecule has 3 N–H and O–H groups in total. The molecule has 0 bridgehead atoms. The summed E-state index contributed by atoms with van der Waals surface area (Å²) in [4.78, 5) is 14.8. The lowest BCUT2D eigenvalue weighted by molar-refractivity contribution is -0.125. The fourth-order valence-electron chi connectivity index (χ4n) is 3.83. The minimum absolute atomic E-state index is 0. The Bertz CT molecular complexity index is 323. The van der Waals surface area contributed by atoms with E-state index in [4.69, 9.17) is 5.73 Å². The zero-order chi connectivity index (χ0) is 14.4. The van der Waals surface area contributed by atoms with Crippen LogP contribution in [0.2, 0.25) is 0 Å². The molecule has 0 radical (unpaired) electrons. The zero-order valence-electron chi connectivity index (χ0n) is 13.8. The van der Waals surface area contributed by atoms with Crippen LogP contribution in [0.1, 0.15) is 58.3 Å². The maximum absolute atomic E-state index is 12.4. The molecule has 0 aromatic carbocycles. The molecule has 1 saturated heterocycles. The number of amides is 1. The number of hydrogen-bond acceptors (Lipinski definition) is 3. The highest BCUT2D eigenvalue weighted by molar-refractivity contribution is 5.85. The molecule has 1 heterocycles. The van der Waals surface area contributed by atoms with Crippen LogP contribution in [0.4, 0.5) is 0 Å². The van der Waals surface area contributed by atoms with Crippen molar-refractivity contribution in [1.82, 2.24) is 10.2 Å². The Morgan fingerprint density at radius 3 is 2.50 bits per heavy atom. The summed E-state index contributed by atoms with van der Waals surface area (Å²) in [6, 6.07) is 0.342. The summed E-state index contributed by atoms with van der Waals surface area (Å²) in [5.74, 6) is 0.223. The predicted molar refractivity (Wildman–Crippen MR) is 97.0 cm³/mol. The van der Waals surface area contributed by atoms with Crippen LogP contribution in [-0.2, 0) is 4.79 Å². The van der Waals surface area contributed by atoms with Crippen LogP contribution in [0.5, 0.6) is 0 Å². The molecule has 132 valence electrons. The number of nitrogens with zero attached hydrogens (tertiary/aromatic N) is 1. The lowest BCUT2D eigenvalue weighted by Gasteiger charge is -2.37. The molecule has 22 heavy (non-hydrogen) atoms. The van der Waals surface area contributed by atoms with Crippen molar-refractivity contribution in [3.8, 4) is 0 Å². The van der Waals surface area contributed by atoms with E-state index in [2.05, 4.69) is 17.1 Å². The van der Waals surface area contributed by atoms with E-state index in [0.717, 1.165) is 32.4 Å². The molecular weight excluding hydrogens is 321 g/mol. The van der Waals surface area contributed by atoms with E-state index in [1.807, 2.05) is 0 Å². The van der Waals surface area contributed by atoms with Crippen LogP contribution in [0.25, 0.3) is 0 Å². The summed E-state index contributed by atoms with van der Waals surface area (Å²) in [7, 11) is 0. The Hall–Kier alpha value is -0.0300. The molecule has 6 heteroatoms. The van der Waals surface area contributed by atoms with Gasteiger partial charge in [-0.3, -0.25) is 4.79 Å². The third-order valence-electron chi connectivity index (χ3n) is 5.20. The van der Waals surface area contributed by atoms with Crippen molar-refractivity contribution in [2.45, 2.75) is 64.3 Å². The second-order valence-corrected chi connectivity index (χ2v) is 6.74. The highest BCUT2D eigenvalue weighted by atomic mass is 35.5. The maximum Gasteiger partial charge on any atom is 0.220 e. The van der Waals surface area contributed by atoms with Gasteiger partial charge in [0.2, 0.25) is 5.91 Å². The molecule has 2 aliphatic rings. The number of likely N-dealkylation sites (tertiary alicyclic amines) is 1. The van der Waals surface area contributed by atoms with Crippen LogP contribution in [0, 0.1) is 5.41 Å². The smallest absolute Gasteiger partial charge is 0.220 e. The number of carbonyl (C=O) groups is 1. The van der Waals surface area contributed by atoms with Crippen molar-refractivity contribution < 1.29 is 4.79 Å². The monoisotopic (exact) mass is 353 g/mol. The largest absolute Gasteiger partial charge is 0.352 e. The van der Waals surface area contributed by atoms with Crippen LogP contribution in [0.15, 0.2) is 0 Å². The van der Waals surface area contributed by atoms with Gasteiger partial charge < -0.3 is 16.0 Å². The molecule has 0 spiro atoms. The fraction of sp³-hybridized carbons (Fsp3) is 0.938. The van der Waals surface area contributed by atoms with Crippen molar-refractivity contribution in [2.24, 2.45) is 11.1 Å². The van der Waals surface area contributed by atoms with E-state index in [1.54, 1.807) is 0 Å². The first-order valence-corrected chi connectivity index (χ1v) is 8.39. The number of hydrogen-bond donors (Lipinski definition) is 2.